The lowest BCUT2D eigenvalue weighted by Crippen LogP contribution is -2.14. The minimum atomic E-state index is -0.224. The third-order valence-corrected chi connectivity index (χ3v) is 3.79. The number of nitrogens with two attached hydrogens (primary N) is 1. The highest BCUT2D eigenvalue weighted by atomic mass is 16.5. The molecule has 0 unspecified atom stereocenters. The third kappa shape index (κ3) is 4.35. The number of amides is 1. The van der Waals surface area contributed by atoms with E-state index in [0.29, 0.717) is 22.7 Å². The first-order chi connectivity index (χ1) is 11.4. The Bertz CT molecular complexity index is 769. The number of hydrogen-bond acceptors (Lipinski definition) is 4. The maximum Gasteiger partial charge on any atom is 0.224 e. The van der Waals surface area contributed by atoms with Gasteiger partial charge in [-0.2, -0.15) is 0 Å². The molecule has 3 N–H and O–H groups in total. The van der Waals surface area contributed by atoms with E-state index in [2.05, 4.69) is 5.32 Å². The normalized spacial score (nSPS) is 10.3. The third-order valence-electron chi connectivity index (χ3n) is 3.79. The predicted octanol–water partition coefficient (Wildman–Crippen LogP) is 3.50. The Labute approximate surface area is 141 Å². The fourth-order valence-electron chi connectivity index (χ4n) is 2.43. The molecule has 126 valence electrons. The van der Waals surface area contributed by atoms with Crippen molar-refractivity contribution in [2.75, 3.05) is 18.2 Å². The van der Waals surface area contributed by atoms with E-state index in [1.807, 2.05) is 32.0 Å². The van der Waals surface area contributed by atoms with Gasteiger partial charge in [0.2, 0.25) is 5.91 Å². The number of benzene rings is 2. The molecule has 0 fully saturated rings. The summed E-state index contributed by atoms with van der Waals surface area (Å²) in [7, 11) is 1.53. The summed E-state index contributed by atoms with van der Waals surface area (Å²) < 4.78 is 5.07. The van der Waals surface area contributed by atoms with Gasteiger partial charge in [-0.15, -0.1) is 0 Å². The topological polar surface area (TPSA) is 81.4 Å². The molecule has 24 heavy (non-hydrogen) atoms. The Morgan fingerprint density at radius 1 is 1.08 bits per heavy atom. The molecule has 2 aromatic rings. The molecular formula is C19H22N2O3. The van der Waals surface area contributed by atoms with Crippen molar-refractivity contribution in [3.8, 4) is 5.75 Å². The van der Waals surface area contributed by atoms with Gasteiger partial charge in [-0.3, -0.25) is 9.59 Å². The minimum Gasteiger partial charge on any atom is -0.495 e. The van der Waals surface area contributed by atoms with Crippen molar-refractivity contribution in [2.45, 2.75) is 26.7 Å². The molecule has 0 bridgehead atoms. The zero-order valence-corrected chi connectivity index (χ0v) is 14.2. The summed E-state index contributed by atoms with van der Waals surface area (Å²) in [4.78, 5) is 24.3. The molecule has 0 aromatic heterocycles. The fourth-order valence-corrected chi connectivity index (χ4v) is 2.43. The molecule has 0 aliphatic carbocycles. The van der Waals surface area contributed by atoms with Crippen molar-refractivity contribution < 1.29 is 14.3 Å². The molecule has 2 aromatic carbocycles. The van der Waals surface area contributed by atoms with Crippen LogP contribution in [0.15, 0.2) is 36.4 Å². The van der Waals surface area contributed by atoms with Crippen LogP contribution in [0, 0.1) is 13.8 Å². The van der Waals surface area contributed by atoms with Crippen molar-refractivity contribution in [1.82, 2.24) is 0 Å². The van der Waals surface area contributed by atoms with Crippen LogP contribution in [-0.4, -0.2) is 18.8 Å². The quantitative estimate of drug-likeness (QED) is 0.629. The Morgan fingerprint density at radius 3 is 2.50 bits per heavy atom. The fraction of sp³-hybridized carbons (Fsp3) is 0.263. The summed E-state index contributed by atoms with van der Waals surface area (Å²) in [5.74, 6) is 0.303. The van der Waals surface area contributed by atoms with Crippen molar-refractivity contribution in [3.63, 3.8) is 0 Å². The van der Waals surface area contributed by atoms with Crippen LogP contribution in [0.5, 0.6) is 5.75 Å². The summed E-state index contributed by atoms with van der Waals surface area (Å²) in [6.07, 6.45) is 0.292. The van der Waals surface area contributed by atoms with Crippen LogP contribution in [-0.2, 0) is 4.79 Å². The number of nitrogens with one attached hydrogen (secondary N) is 1. The summed E-state index contributed by atoms with van der Waals surface area (Å²) >= 11 is 0. The molecule has 0 saturated carbocycles. The molecule has 0 saturated heterocycles. The monoisotopic (exact) mass is 326 g/mol. The average Bonchev–Trinajstić information content (AvgIpc) is 2.55. The molecule has 1 amide bonds. The van der Waals surface area contributed by atoms with Crippen LogP contribution >= 0.6 is 0 Å². The molecule has 2 rings (SSSR count). The van der Waals surface area contributed by atoms with Crippen molar-refractivity contribution in [1.29, 1.82) is 0 Å². The van der Waals surface area contributed by atoms with Gasteiger partial charge in [0, 0.05) is 24.1 Å². The van der Waals surface area contributed by atoms with E-state index in [1.165, 1.54) is 7.11 Å². The molecule has 0 radical (unpaired) electrons. The van der Waals surface area contributed by atoms with Gasteiger partial charge in [0.15, 0.2) is 5.78 Å². The van der Waals surface area contributed by atoms with Crippen molar-refractivity contribution >= 4 is 23.1 Å². The van der Waals surface area contributed by atoms with E-state index >= 15 is 0 Å². The number of Topliss-reactive ketones (excluding diaryl/α,β-unsaturated/α-hetero) is 1. The number of ether oxygens (including phenoxy) is 1. The molecular weight excluding hydrogens is 304 g/mol. The van der Waals surface area contributed by atoms with E-state index in [1.54, 1.807) is 18.2 Å². The minimum absolute atomic E-state index is 0.0272. The molecule has 5 heteroatoms. The van der Waals surface area contributed by atoms with E-state index in [-0.39, 0.29) is 24.5 Å². The van der Waals surface area contributed by atoms with Gasteiger partial charge in [0.25, 0.3) is 0 Å². The number of carbonyl (C=O) groups is 2. The van der Waals surface area contributed by atoms with E-state index in [4.69, 9.17) is 10.5 Å². The summed E-state index contributed by atoms with van der Waals surface area (Å²) in [5.41, 5.74) is 9.47. The number of nitrogen functional groups attached to an aromatic ring is 1. The smallest absolute Gasteiger partial charge is 0.224 e. The van der Waals surface area contributed by atoms with Gasteiger partial charge in [-0.25, -0.2) is 0 Å². The Balaban J connectivity index is 1.94. The Kier molecular flexibility index (Phi) is 5.58. The molecule has 0 aliphatic heterocycles. The standard InChI is InChI=1S/C19H22N2O3/c1-12-4-5-13(2)15(10-12)17(22)7-9-19(23)21-14-6-8-18(24-3)16(20)11-14/h4-6,8,10-11H,7,9,20H2,1-3H3,(H,21,23). The SMILES string of the molecule is COc1ccc(NC(=O)CCC(=O)c2cc(C)ccc2C)cc1N. The summed E-state index contributed by atoms with van der Waals surface area (Å²) in [6, 6.07) is 10.8. The number of ketones is 1. The Morgan fingerprint density at radius 2 is 1.83 bits per heavy atom. The van der Waals surface area contributed by atoms with Gasteiger partial charge in [0.1, 0.15) is 5.75 Å². The van der Waals surface area contributed by atoms with Gasteiger partial charge in [0.05, 0.1) is 12.8 Å². The summed E-state index contributed by atoms with van der Waals surface area (Å²) in [6.45, 7) is 3.84. The molecule has 5 nitrogen and oxygen atoms in total. The number of anilines is 2. The number of methoxy groups -OCH3 is 1. The maximum atomic E-state index is 12.3. The molecule has 0 atom stereocenters. The van der Waals surface area contributed by atoms with E-state index in [0.717, 1.165) is 11.1 Å². The second kappa shape index (κ2) is 7.64. The highest BCUT2D eigenvalue weighted by Gasteiger charge is 2.12. The number of rotatable bonds is 6. The van der Waals surface area contributed by atoms with Crippen molar-refractivity contribution in [2.24, 2.45) is 0 Å². The van der Waals surface area contributed by atoms with E-state index < -0.39 is 0 Å². The molecule has 0 spiro atoms. The van der Waals surface area contributed by atoms with Crippen LogP contribution < -0.4 is 15.8 Å². The largest absolute Gasteiger partial charge is 0.495 e. The van der Waals surface area contributed by atoms with Gasteiger partial charge < -0.3 is 15.8 Å². The zero-order chi connectivity index (χ0) is 17.7. The second-order valence-corrected chi connectivity index (χ2v) is 5.75. The van der Waals surface area contributed by atoms with Gasteiger partial charge >= 0.3 is 0 Å². The van der Waals surface area contributed by atoms with Crippen LogP contribution in [0.4, 0.5) is 11.4 Å². The van der Waals surface area contributed by atoms with Crippen LogP contribution in [0.25, 0.3) is 0 Å². The lowest BCUT2D eigenvalue weighted by atomic mass is 9.99. The number of hydrogen-bond donors (Lipinski definition) is 2. The first-order valence-electron chi connectivity index (χ1n) is 7.74. The van der Waals surface area contributed by atoms with Crippen LogP contribution in [0.3, 0.4) is 0 Å². The highest BCUT2D eigenvalue weighted by molar-refractivity contribution is 6.01. The second-order valence-electron chi connectivity index (χ2n) is 5.75. The zero-order valence-electron chi connectivity index (χ0n) is 14.2. The Hall–Kier alpha value is -2.82. The lowest BCUT2D eigenvalue weighted by molar-refractivity contribution is -0.116. The highest BCUT2D eigenvalue weighted by Crippen LogP contribution is 2.24. The van der Waals surface area contributed by atoms with Crippen molar-refractivity contribution in [3.05, 3.63) is 53.1 Å². The first-order valence-corrected chi connectivity index (χ1v) is 7.74. The van der Waals surface area contributed by atoms with Crippen LogP contribution in [0.1, 0.15) is 34.3 Å². The predicted molar refractivity (Wildman–Crippen MR) is 95.5 cm³/mol. The summed E-state index contributed by atoms with van der Waals surface area (Å²) in [5, 5.41) is 2.74. The molecule has 0 aliphatic rings. The van der Waals surface area contributed by atoms with E-state index in [9.17, 15) is 9.59 Å². The number of carbonyl (C=O) groups excluding carboxylic acids is 2. The van der Waals surface area contributed by atoms with Crippen LogP contribution in [0.2, 0.25) is 0 Å². The maximum absolute atomic E-state index is 12.3. The van der Waals surface area contributed by atoms with Gasteiger partial charge in [-0.05, 0) is 43.7 Å². The first kappa shape index (κ1) is 17.5. The average molecular weight is 326 g/mol. The van der Waals surface area contributed by atoms with Gasteiger partial charge in [-0.1, -0.05) is 17.7 Å². The lowest BCUT2D eigenvalue weighted by Gasteiger charge is -2.09. The molecule has 0 heterocycles. The number of aryl methyl sites for hydroxylation is 2.